The summed E-state index contributed by atoms with van der Waals surface area (Å²) in [5.41, 5.74) is 2.71. The number of carbonyl (C=O) groups is 2. The smallest absolute Gasteiger partial charge is 0.194 e. The van der Waals surface area contributed by atoms with Gasteiger partial charge < -0.3 is 0 Å². The predicted octanol–water partition coefficient (Wildman–Crippen LogP) is 4.45. The van der Waals surface area contributed by atoms with Gasteiger partial charge in [-0.25, -0.2) is 0 Å². The molecule has 0 aromatic heterocycles. The maximum atomic E-state index is 12.9. The Balaban J connectivity index is 2.18. The molecule has 3 rings (SSSR count). The van der Waals surface area contributed by atoms with Crippen LogP contribution in [0.4, 0.5) is 0 Å². The SMILES string of the molecule is CCc1ccc(C(=O)c2c(C=O)ccc3ccccc23)cc1. The minimum Gasteiger partial charge on any atom is -0.298 e. The number of fused-ring (bicyclic) bond motifs is 1. The summed E-state index contributed by atoms with van der Waals surface area (Å²) in [6.07, 6.45) is 1.68. The van der Waals surface area contributed by atoms with Gasteiger partial charge in [0.2, 0.25) is 0 Å². The standard InChI is InChI=1S/C20H16O2/c1-2-14-7-9-16(10-8-14)20(22)19-17(13-21)12-11-15-5-3-4-6-18(15)19/h3-13H,2H2,1H3. The number of rotatable bonds is 4. The van der Waals surface area contributed by atoms with Crippen LogP contribution in [0.3, 0.4) is 0 Å². The lowest BCUT2D eigenvalue weighted by atomic mass is 9.92. The van der Waals surface area contributed by atoms with Gasteiger partial charge in [0.25, 0.3) is 0 Å². The molecule has 108 valence electrons. The van der Waals surface area contributed by atoms with Gasteiger partial charge in [-0.1, -0.05) is 67.6 Å². The van der Waals surface area contributed by atoms with E-state index in [1.807, 2.05) is 54.6 Å². The van der Waals surface area contributed by atoms with Crippen molar-refractivity contribution in [3.8, 4) is 0 Å². The molecule has 0 unspecified atom stereocenters. The second kappa shape index (κ2) is 5.94. The van der Waals surface area contributed by atoms with E-state index in [-0.39, 0.29) is 5.78 Å². The summed E-state index contributed by atoms with van der Waals surface area (Å²) >= 11 is 0. The first-order chi connectivity index (χ1) is 10.7. The van der Waals surface area contributed by atoms with Gasteiger partial charge in [-0.2, -0.15) is 0 Å². The first-order valence-electron chi connectivity index (χ1n) is 7.35. The largest absolute Gasteiger partial charge is 0.298 e. The van der Waals surface area contributed by atoms with Gasteiger partial charge in [-0.15, -0.1) is 0 Å². The Morgan fingerprint density at radius 1 is 0.955 bits per heavy atom. The van der Waals surface area contributed by atoms with E-state index in [0.717, 1.165) is 23.5 Å². The van der Waals surface area contributed by atoms with Crippen molar-refractivity contribution in [1.29, 1.82) is 0 Å². The van der Waals surface area contributed by atoms with E-state index in [4.69, 9.17) is 0 Å². The van der Waals surface area contributed by atoms with Gasteiger partial charge in [0, 0.05) is 16.7 Å². The second-order valence-corrected chi connectivity index (χ2v) is 5.25. The van der Waals surface area contributed by atoms with Crippen LogP contribution >= 0.6 is 0 Å². The van der Waals surface area contributed by atoms with E-state index >= 15 is 0 Å². The molecule has 0 atom stereocenters. The van der Waals surface area contributed by atoms with Crippen LogP contribution in [0.1, 0.15) is 38.8 Å². The highest BCUT2D eigenvalue weighted by Crippen LogP contribution is 2.24. The first kappa shape index (κ1) is 14.2. The van der Waals surface area contributed by atoms with Crippen molar-refractivity contribution in [2.24, 2.45) is 0 Å². The third-order valence-electron chi connectivity index (χ3n) is 3.94. The number of hydrogen-bond acceptors (Lipinski definition) is 2. The third kappa shape index (κ3) is 2.44. The predicted molar refractivity (Wildman–Crippen MR) is 88.6 cm³/mol. The topological polar surface area (TPSA) is 34.1 Å². The van der Waals surface area contributed by atoms with Crippen molar-refractivity contribution in [2.75, 3.05) is 0 Å². The molecule has 0 amide bonds. The molecule has 0 saturated heterocycles. The lowest BCUT2D eigenvalue weighted by Crippen LogP contribution is -2.06. The van der Waals surface area contributed by atoms with Gasteiger partial charge in [0.15, 0.2) is 12.1 Å². The average Bonchev–Trinajstić information content (AvgIpc) is 2.60. The quantitative estimate of drug-likeness (QED) is 0.525. The minimum atomic E-state index is -0.110. The number of aryl methyl sites for hydroxylation is 1. The van der Waals surface area contributed by atoms with Crippen LogP contribution in [-0.2, 0) is 6.42 Å². The van der Waals surface area contributed by atoms with Crippen LogP contribution in [0.5, 0.6) is 0 Å². The molecule has 0 fully saturated rings. The molecular weight excluding hydrogens is 272 g/mol. The maximum absolute atomic E-state index is 12.9. The number of ketones is 1. The molecule has 0 aliphatic heterocycles. The van der Waals surface area contributed by atoms with Crippen LogP contribution < -0.4 is 0 Å². The fraction of sp³-hybridized carbons (Fsp3) is 0.100. The molecule has 0 spiro atoms. The Kier molecular flexibility index (Phi) is 3.84. The van der Waals surface area contributed by atoms with Gasteiger partial charge >= 0.3 is 0 Å². The Morgan fingerprint density at radius 3 is 2.36 bits per heavy atom. The zero-order valence-corrected chi connectivity index (χ0v) is 12.4. The van der Waals surface area contributed by atoms with Gasteiger partial charge in [-0.3, -0.25) is 9.59 Å². The van der Waals surface area contributed by atoms with Gasteiger partial charge in [-0.05, 0) is 22.8 Å². The van der Waals surface area contributed by atoms with E-state index in [1.54, 1.807) is 6.07 Å². The number of hydrogen-bond donors (Lipinski definition) is 0. The maximum Gasteiger partial charge on any atom is 0.194 e. The lowest BCUT2D eigenvalue weighted by molar-refractivity contribution is 0.103. The van der Waals surface area contributed by atoms with Crippen LogP contribution in [0, 0.1) is 0 Å². The summed E-state index contributed by atoms with van der Waals surface area (Å²) < 4.78 is 0. The highest BCUT2D eigenvalue weighted by atomic mass is 16.1. The van der Waals surface area contributed by atoms with Crippen molar-refractivity contribution >= 4 is 22.8 Å². The summed E-state index contributed by atoms with van der Waals surface area (Å²) in [5.74, 6) is -0.110. The molecule has 2 nitrogen and oxygen atoms in total. The number of carbonyl (C=O) groups excluding carboxylic acids is 2. The van der Waals surface area contributed by atoms with Crippen LogP contribution in [0.2, 0.25) is 0 Å². The fourth-order valence-electron chi connectivity index (χ4n) is 2.68. The lowest BCUT2D eigenvalue weighted by Gasteiger charge is -2.09. The molecule has 0 aliphatic carbocycles. The summed E-state index contributed by atoms with van der Waals surface area (Å²) in [6.45, 7) is 2.08. The van der Waals surface area contributed by atoms with Crippen molar-refractivity contribution in [2.45, 2.75) is 13.3 Å². The fourth-order valence-corrected chi connectivity index (χ4v) is 2.68. The van der Waals surface area contributed by atoms with Crippen LogP contribution in [-0.4, -0.2) is 12.1 Å². The van der Waals surface area contributed by atoms with Crippen molar-refractivity contribution < 1.29 is 9.59 Å². The van der Waals surface area contributed by atoms with Crippen LogP contribution in [0.25, 0.3) is 10.8 Å². The first-order valence-corrected chi connectivity index (χ1v) is 7.35. The molecule has 3 aromatic rings. The molecule has 0 aliphatic rings. The van der Waals surface area contributed by atoms with E-state index < -0.39 is 0 Å². The molecule has 0 N–H and O–H groups in total. The summed E-state index contributed by atoms with van der Waals surface area (Å²) in [6, 6.07) is 18.8. The third-order valence-corrected chi connectivity index (χ3v) is 3.94. The van der Waals surface area contributed by atoms with Crippen molar-refractivity contribution in [3.05, 3.63) is 82.9 Å². The van der Waals surface area contributed by atoms with Crippen molar-refractivity contribution in [1.82, 2.24) is 0 Å². The van der Waals surface area contributed by atoms with E-state index in [2.05, 4.69) is 6.92 Å². The van der Waals surface area contributed by atoms with Crippen molar-refractivity contribution in [3.63, 3.8) is 0 Å². The molecule has 0 bridgehead atoms. The highest BCUT2D eigenvalue weighted by Gasteiger charge is 2.16. The van der Waals surface area contributed by atoms with E-state index in [9.17, 15) is 9.59 Å². The summed E-state index contributed by atoms with van der Waals surface area (Å²) in [5, 5.41) is 1.78. The average molecular weight is 288 g/mol. The van der Waals surface area contributed by atoms with Gasteiger partial charge in [0.05, 0.1) is 0 Å². The summed E-state index contributed by atoms with van der Waals surface area (Å²) in [4.78, 5) is 24.2. The van der Waals surface area contributed by atoms with Crippen LogP contribution in [0.15, 0.2) is 60.7 Å². The highest BCUT2D eigenvalue weighted by molar-refractivity contribution is 6.20. The minimum absolute atomic E-state index is 0.110. The summed E-state index contributed by atoms with van der Waals surface area (Å²) in [7, 11) is 0. The second-order valence-electron chi connectivity index (χ2n) is 5.25. The monoisotopic (exact) mass is 288 g/mol. The molecule has 22 heavy (non-hydrogen) atoms. The number of benzene rings is 3. The molecule has 0 saturated carbocycles. The molecule has 2 heteroatoms. The normalized spacial score (nSPS) is 10.6. The zero-order valence-electron chi connectivity index (χ0n) is 12.4. The Hall–Kier alpha value is -2.74. The Labute approximate surface area is 129 Å². The van der Waals surface area contributed by atoms with E-state index in [0.29, 0.717) is 16.7 Å². The zero-order chi connectivity index (χ0) is 15.5. The van der Waals surface area contributed by atoms with E-state index in [1.165, 1.54) is 5.56 Å². The molecular formula is C20H16O2. The molecule has 0 heterocycles. The molecule has 3 aromatic carbocycles. The Morgan fingerprint density at radius 2 is 1.68 bits per heavy atom. The molecule has 0 radical (unpaired) electrons. The Bertz CT molecular complexity index is 845. The van der Waals surface area contributed by atoms with Gasteiger partial charge in [0.1, 0.15) is 0 Å². The number of aldehydes is 1.